The molecule has 0 atom stereocenters. The number of halogens is 3. The molecule has 0 amide bonds. The van der Waals surface area contributed by atoms with Crippen molar-refractivity contribution in [3.8, 4) is 0 Å². The first-order valence-electron chi connectivity index (χ1n) is 5.41. The number of methoxy groups -OCH3 is 1. The van der Waals surface area contributed by atoms with Crippen molar-refractivity contribution in [3.63, 3.8) is 0 Å². The van der Waals surface area contributed by atoms with Gasteiger partial charge >= 0.3 is 5.97 Å². The van der Waals surface area contributed by atoms with E-state index in [1.54, 1.807) is 0 Å². The molecule has 0 spiro atoms. The fourth-order valence-corrected chi connectivity index (χ4v) is 1.92. The quantitative estimate of drug-likeness (QED) is 0.613. The molecule has 96 valence electrons. The third-order valence-electron chi connectivity index (χ3n) is 3.04. The largest absolute Gasteiger partial charge is 0.464 e. The minimum atomic E-state index is -1.09. The molecule has 5 heteroatoms. The first-order valence-corrected chi connectivity index (χ1v) is 5.41. The van der Waals surface area contributed by atoms with Gasteiger partial charge in [0, 0.05) is 11.5 Å². The monoisotopic (exact) mass is 256 g/mol. The van der Waals surface area contributed by atoms with E-state index in [2.05, 4.69) is 4.74 Å². The van der Waals surface area contributed by atoms with Gasteiger partial charge in [0.05, 0.1) is 7.11 Å². The Labute approximate surface area is 102 Å². The van der Waals surface area contributed by atoms with Gasteiger partial charge < -0.3 is 4.74 Å². The maximum atomic E-state index is 13.6. The summed E-state index contributed by atoms with van der Waals surface area (Å²) in [6, 6.07) is 3.14. The number of esters is 1. The molecule has 0 aromatic heterocycles. The summed E-state index contributed by atoms with van der Waals surface area (Å²) >= 11 is 0. The molecule has 0 saturated heterocycles. The Hall–Kier alpha value is -1.78. The summed E-state index contributed by atoms with van der Waals surface area (Å²) in [5.41, 5.74) is -0.654. The van der Waals surface area contributed by atoms with Crippen molar-refractivity contribution >= 4 is 5.97 Å². The van der Waals surface area contributed by atoms with Gasteiger partial charge in [0.2, 0.25) is 5.83 Å². The highest BCUT2D eigenvalue weighted by molar-refractivity contribution is 5.86. The van der Waals surface area contributed by atoms with Crippen LogP contribution >= 0.6 is 0 Å². The summed E-state index contributed by atoms with van der Waals surface area (Å²) in [6.45, 7) is 0. The lowest BCUT2D eigenvalue weighted by Gasteiger charge is -2.12. The van der Waals surface area contributed by atoms with Crippen molar-refractivity contribution in [2.24, 2.45) is 0 Å². The highest BCUT2D eigenvalue weighted by Gasteiger charge is 2.45. The summed E-state index contributed by atoms with van der Waals surface area (Å²) in [6.07, 6.45) is 2.08. The van der Waals surface area contributed by atoms with Crippen molar-refractivity contribution in [1.82, 2.24) is 0 Å². The molecule has 2 nitrogen and oxygen atoms in total. The average Bonchev–Trinajstić information content (AvgIpc) is 3.08. The second kappa shape index (κ2) is 4.48. The van der Waals surface area contributed by atoms with E-state index >= 15 is 0 Å². The van der Waals surface area contributed by atoms with Crippen LogP contribution in [0.2, 0.25) is 0 Å². The van der Waals surface area contributed by atoms with Crippen molar-refractivity contribution < 1.29 is 22.7 Å². The van der Waals surface area contributed by atoms with Gasteiger partial charge in [-0.2, -0.15) is 4.39 Å². The molecule has 0 N–H and O–H groups in total. The fourth-order valence-electron chi connectivity index (χ4n) is 1.92. The highest BCUT2D eigenvalue weighted by Crippen LogP contribution is 2.51. The number of hydrogen-bond donors (Lipinski definition) is 0. The number of rotatable bonds is 3. The average molecular weight is 256 g/mol. The van der Waals surface area contributed by atoms with E-state index in [1.807, 2.05) is 0 Å². The second-order valence-corrected chi connectivity index (χ2v) is 4.26. The summed E-state index contributed by atoms with van der Waals surface area (Å²) in [5, 5.41) is 0. The molecule has 1 fully saturated rings. The Morgan fingerprint density at radius 1 is 1.39 bits per heavy atom. The van der Waals surface area contributed by atoms with Crippen LogP contribution in [-0.4, -0.2) is 13.1 Å². The van der Waals surface area contributed by atoms with E-state index in [9.17, 15) is 18.0 Å². The predicted octanol–water partition coefficient (Wildman–Crippen LogP) is 3.02. The summed E-state index contributed by atoms with van der Waals surface area (Å²) in [7, 11) is 1.06. The SMILES string of the molecule is COC(=O)C(F)=CC1(c2ccc(F)cc2F)CC1. The van der Waals surface area contributed by atoms with Gasteiger partial charge in [0.25, 0.3) is 0 Å². The molecular formula is C13H11F3O2. The number of carbonyl (C=O) groups excluding carboxylic acids is 1. The van der Waals surface area contributed by atoms with E-state index < -0.39 is 28.8 Å². The zero-order valence-electron chi connectivity index (χ0n) is 9.67. The van der Waals surface area contributed by atoms with Crippen LogP contribution in [-0.2, 0) is 14.9 Å². The van der Waals surface area contributed by atoms with E-state index in [0.717, 1.165) is 25.3 Å². The maximum Gasteiger partial charge on any atom is 0.366 e. The van der Waals surface area contributed by atoms with E-state index in [0.29, 0.717) is 12.8 Å². The van der Waals surface area contributed by atoms with Crippen molar-refractivity contribution in [2.75, 3.05) is 7.11 Å². The fraction of sp³-hybridized carbons (Fsp3) is 0.308. The number of benzene rings is 1. The van der Waals surface area contributed by atoms with Crippen LogP contribution in [0.4, 0.5) is 13.2 Å². The Morgan fingerprint density at radius 2 is 2.06 bits per heavy atom. The molecule has 1 aliphatic rings. The molecule has 1 aromatic carbocycles. The smallest absolute Gasteiger partial charge is 0.366 e. The molecule has 0 unspecified atom stereocenters. The zero-order valence-corrected chi connectivity index (χ0v) is 9.67. The topological polar surface area (TPSA) is 26.3 Å². The molecule has 0 radical (unpaired) electrons. The van der Waals surface area contributed by atoms with Crippen LogP contribution in [0.1, 0.15) is 18.4 Å². The normalized spacial score (nSPS) is 17.4. The van der Waals surface area contributed by atoms with Crippen LogP contribution in [0, 0.1) is 11.6 Å². The lowest BCUT2D eigenvalue weighted by atomic mass is 9.94. The van der Waals surface area contributed by atoms with Gasteiger partial charge in [-0.1, -0.05) is 6.07 Å². The van der Waals surface area contributed by atoms with Gasteiger partial charge in [-0.25, -0.2) is 13.6 Å². The van der Waals surface area contributed by atoms with Gasteiger partial charge in [0.1, 0.15) is 11.6 Å². The van der Waals surface area contributed by atoms with Crippen molar-refractivity contribution in [1.29, 1.82) is 0 Å². The molecule has 1 aliphatic carbocycles. The van der Waals surface area contributed by atoms with Crippen LogP contribution < -0.4 is 0 Å². The first-order chi connectivity index (χ1) is 8.48. The minimum Gasteiger partial charge on any atom is -0.464 e. The number of carbonyl (C=O) groups is 1. The standard InChI is InChI=1S/C13H11F3O2/c1-18-12(17)11(16)7-13(4-5-13)9-3-2-8(14)6-10(9)15/h2-3,6-7H,4-5H2,1H3. The van der Waals surface area contributed by atoms with Crippen molar-refractivity contribution in [3.05, 3.63) is 47.3 Å². The minimum absolute atomic E-state index is 0.197. The molecule has 1 aromatic rings. The Balaban J connectivity index is 2.35. The van der Waals surface area contributed by atoms with Crippen molar-refractivity contribution in [2.45, 2.75) is 18.3 Å². The Morgan fingerprint density at radius 3 is 2.56 bits per heavy atom. The van der Waals surface area contributed by atoms with Crippen LogP contribution in [0.5, 0.6) is 0 Å². The molecule has 18 heavy (non-hydrogen) atoms. The Kier molecular flexibility index (Phi) is 3.15. The highest BCUT2D eigenvalue weighted by atomic mass is 19.1. The first kappa shape index (κ1) is 12.7. The number of allylic oxidation sites excluding steroid dienone is 1. The van der Waals surface area contributed by atoms with Crippen LogP contribution in [0.25, 0.3) is 0 Å². The summed E-state index contributed by atoms with van der Waals surface area (Å²) < 4.78 is 44.1. The summed E-state index contributed by atoms with van der Waals surface area (Å²) in [4.78, 5) is 11.0. The second-order valence-electron chi connectivity index (χ2n) is 4.26. The molecule has 0 bridgehead atoms. The zero-order chi connectivity index (χ0) is 13.3. The maximum absolute atomic E-state index is 13.6. The predicted molar refractivity (Wildman–Crippen MR) is 58.5 cm³/mol. The van der Waals surface area contributed by atoms with Gasteiger partial charge in [-0.05, 0) is 30.5 Å². The molecule has 0 heterocycles. The van der Waals surface area contributed by atoms with Crippen LogP contribution in [0.3, 0.4) is 0 Å². The lowest BCUT2D eigenvalue weighted by molar-refractivity contribution is -0.137. The number of hydrogen-bond acceptors (Lipinski definition) is 2. The lowest BCUT2D eigenvalue weighted by Crippen LogP contribution is -2.10. The summed E-state index contributed by atoms with van der Waals surface area (Å²) in [5.74, 6) is -3.58. The van der Waals surface area contributed by atoms with E-state index in [-0.39, 0.29) is 5.56 Å². The molecular weight excluding hydrogens is 245 g/mol. The van der Waals surface area contributed by atoms with E-state index in [1.165, 1.54) is 6.07 Å². The molecule has 0 aliphatic heterocycles. The van der Waals surface area contributed by atoms with Gasteiger partial charge in [-0.15, -0.1) is 0 Å². The third-order valence-corrected chi connectivity index (χ3v) is 3.04. The third kappa shape index (κ3) is 2.25. The molecule has 1 saturated carbocycles. The van der Waals surface area contributed by atoms with Gasteiger partial charge in [0.15, 0.2) is 0 Å². The Bertz CT molecular complexity index is 519. The number of ether oxygens (including phenoxy) is 1. The van der Waals surface area contributed by atoms with Gasteiger partial charge in [-0.3, -0.25) is 0 Å². The van der Waals surface area contributed by atoms with Crippen LogP contribution in [0.15, 0.2) is 30.1 Å². The molecule has 2 rings (SSSR count). The van der Waals surface area contributed by atoms with E-state index in [4.69, 9.17) is 0 Å².